The minimum atomic E-state index is -2.75. The molecule has 1 unspecified atom stereocenters. The molecular formula is C13H15F2N3O3. The van der Waals surface area contributed by atoms with E-state index in [9.17, 15) is 23.5 Å². The van der Waals surface area contributed by atoms with Crippen LogP contribution in [0, 0.1) is 5.41 Å². The Morgan fingerprint density at radius 3 is 2.52 bits per heavy atom. The summed E-state index contributed by atoms with van der Waals surface area (Å²) >= 11 is 0. The summed E-state index contributed by atoms with van der Waals surface area (Å²) in [7, 11) is 0. The predicted octanol–water partition coefficient (Wildman–Crippen LogP) is 2.05. The van der Waals surface area contributed by atoms with Crippen LogP contribution in [-0.2, 0) is 9.59 Å². The number of carboxylic acid groups (broad SMARTS) is 1. The lowest BCUT2D eigenvalue weighted by atomic mass is 9.85. The van der Waals surface area contributed by atoms with Crippen molar-refractivity contribution in [2.24, 2.45) is 5.41 Å². The van der Waals surface area contributed by atoms with E-state index in [1.165, 1.54) is 12.3 Å². The van der Waals surface area contributed by atoms with Crippen LogP contribution < -0.4 is 5.32 Å². The van der Waals surface area contributed by atoms with E-state index >= 15 is 0 Å². The van der Waals surface area contributed by atoms with Gasteiger partial charge in [0.25, 0.3) is 5.92 Å². The second-order valence-corrected chi connectivity index (χ2v) is 5.71. The maximum atomic E-state index is 12.9. The number of alkyl halides is 2. The van der Waals surface area contributed by atoms with Gasteiger partial charge < -0.3 is 10.4 Å². The van der Waals surface area contributed by atoms with Gasteiger partial charge in [-0.15, -0.1) is 0 Å². The van der Waals surface area contributed by atoms with Crippen molar-refractivity contribution in [2.45, 2.75) is 44.1 Å². The van der Waals surface area contributed by atoms with Crippen molar-refractivity contribution in [2.75, 3.05) is 5.32 Å². The molecule has 0 saturated heterocycles. The van der Waals surface area contributed by atoms with Crippen LogP contribution in [-0.4, -0.2) is 32.7 Å². The van der Waals surface area contributed by atoms with Crippen LogP contribution in [0.2, 0.25) is 0 Å². The first-order valence-electron chi connectivity index (χ1n) is 6.83. The molecule has 114 valence electrons. The molecule has 1 aromatic heterocycles. The van der Waals surface area contributed by atoms with E-state index in [4.69, 9.17) is 0 Å². The summed E-state index contributed by atoms with van der Waals surface area (Å²) in [6.45, 7) is 0. The highest BCUT2D eigenvalue weighted by Crippen LogP contribution is 2.52. The molecule has 2 aliphatic rings. The number of nitrogens with zero attached hydrogens (tertiary/aromatic N) is 2. The molecule has 2 N–H and O–H groups in total. The van der Waals surface area contributed by atoms with Gasteiger partial charge in [0.2, 0.25) is 5.91 Å². The van der Waals surface area contributed by atoms with Crippen molar-refractivity contribution in [1.29, 1.82) is 0 Å². The Morgan fingerprint density at radius 1 is 1.38 bits per heavy atom. The van der Waals surface area contributed by atoms with E-state index in [0.717, 1.165) is 4.68 Å². The van der Waals surface area contributed by atoms with Crippen LogP contribution in [0.25, 0.3) is 0 Å². The summed E-state index contributed by atoms with van der Waals surface area (Å²) in [5, 5.41) is 15.6. The number of halogens is 2. The van der Waals surface area contributed by atoms with Gasteiger partial charge >= 0.3 is 5.97 Å². The number of aliphatic carboxylic acids is 1. The third kappa shape index (κ3) is 2.28. The van der Waals surface area contributed by atoms with E-state index in [0.29, 0.717) is 12.8 Å². The minimum absolute atomic E-state index is 0.107. The fourth-order valence-electron chi connectivity index (χ4n) is 2.82. The molecule has 0 spiro atoms. The van der Waals surface area contributed by atoms with Crippen LogP contribution >= 0.6 is 0 Å². The standard InChI is InChI=1S/C13H15F2N3O3/c14-13(15)7-8(13)18-6-3-9(17-18)16-10(19)12(11(20)21)4-1-2-5-12/h3,6,8H,1-2,4-5,7H2,(H,20,21)(H,16,17,19). The molecule has 3 rings (SSSR count). The topological polar surface area (TPSA) is 84.2 Å². The second kappa shape index (κ2) is 4.51. The van der Waals surface area contributed by atoms with Crippen LogP contribution in [0.4, 0.5) is 14.6 Å². The Morgan fingerprint density at radius 2 is 2.00 bits per heavy atom. The lowest BCUT2D eigenvalue weighted by molar-refractivity contribution is -0.153. The number of nitrogens with one attached hydrogen (secondary N) is 1. The van der Waals surface area contributed by atoms with Crippen LogP contribution in [0.1, 0.15) is 38.1 Å². The Balaban J connectivity index is 1.72. The van der Waals surface area contributed by atoms with E-state index in [2.05, 4.69) is 10.4 Å². The molecule has 2 saturated carbocycles. The number of carbonyl (C=O) groups excluding carboxylic acids is 1. The first-order valence-corrected chi connectivity index (χ1v) is 6.83. The molecule has 6 nitrogen and oxygen atoms in total. The molecule has 8 heteroatoms. The van der Waals surface area contributed by atoms with Crippen molar-refractivity contribution in [3.8, 4) is 0 Å². The lowest BCUT2D eigenvalue weighted by Gasteiger charge is -2.21. The minimum Gasteiger partial charge on any atom is -0.480 e. The van der Waals surface area contributed by atoms with Gasteiger partial charge in [-0.25, -0.2) is 8.78 Å². The van der Waals surface area contributed by atoms with E-state index in [-0.39, 0.29) is 25.1 Å². The molecule has 1 amide bonds. The first-order chi connectivity index (χ1) is 9.85. The molecule has 0 radical (unpaired) electrons. The zero-order valence-electron chi connectivity index (χ0n) is 11.2. The zero-order valence-corrected chi connectivity index (χ0v) is 11.2. The molecule has 1 heterocycles. The highest BCUT2D eigenvalue weighted by atomic mass is 19.3. The second-order valence-electron chi connectivity index (χ2n) is 5.71. The third-order valence-electron chi connectivity index (χ3n) is 4.26. The summed E-state index contributed by atoms with van der Waals surface area (Å²) in [5.74, 6) is -4.41. The summed E-state index contributed by atoms with van der Waals surface area (Å²) in [5.41, 5.74) is -1.42. The third-order valence-corrected chi connectivity index (χ3v) is 4.26. The monoisotopic (exact) mass is 299 g/mol. The average Bonchev–Trinajstić information content (AvgIpc) is 2.87. The molecule has 1 aromatic rings. The SMILES string of the molecule is O=C(O)C1(C(=O)Nc2ccn(C3CC3(F)F)n2)CCCC1. The highest BCUT2D eigenvalue weighted by molar-refractivity contribution is 6.08. The molecule has 0 aliphatic heterocycles. The maximum Gasteiger partial charge on any atom is 0.319 e. The normalized spacial score (nSPS) is 25.5. The summed E-state index contributed by atoms with van der Waals surface area (Å²) < 4.78 is 27.0. The summed E-state index contributed by atoms with van der Waals surface area (Å²) in [6, 6.07) is 0.430. The molecule has 21 heavy (non-hydrogen) atoms. The van der Waals surface area contributed by atoms with E-state index in [1.54, 1.807) is 0 Å². The van der Waals surface area contributed by atoms with Gasteiger partial charge in [-0.2, -0.15) is 5.10 Å². The Bertz CT molecular complexity index is 593. The molecular weight excluding hydrogens is 284 g/mol. The van der Waals surface area contributed by atoms with Gasteiger partial charge in [-0.1, -0.05) is 12.8 Å². The van der Waals surface area contributed by atoms with Gasteiger partial charge in [0, 0.05) is 18.7 Å². The molecule has 2 aliphatic carbocycles. The van der Waals surface area contributed by atoms with Crippen molar-refractivity contribution in [1.82, 2.24) is 9.78 Å². The number of carboxylic acids is 1. The molecule has 0 bridgehead atoms. The van der Waals surface area contributed by atoms with Crippen molar-refractivity contribution in [3.63, 3.8) is 0 Å². The molecule has 0 aromatic carbocycles. The summed E-state index contributed by atoms with van der Waals surface area (Å²) in [4.78, 5) is 23.6. The van der Waals surface area contributed by atoms with Crippen LogP contribution in [0.5, 0.6) is 0 Å². The van der Waals surface area contributed by atoms with Gasteiger partial charge in [0.15, 0.2) is 5.82 Å². The smallest absolute Gasteiger partial charge is 0.319 e. The lowest BCUT2D eigenvalue weighted by Crippen LogP contribution is -2.41. The van der Waals surface area contributed by atoms with Crippen molar-refractivity contribution < 1.29 is 23.5 Å². The van der Waals surface area contributed by atoms with Crippen LogP contribution in [0.3, 0.4) is 0 Å². The fraction of sp³-hybridized carbons (Fsp3) is 0.615. The van der Waals surface area contributed by atoms with Crippen molar-refractivity contribution >= 4 is 17.7 Å². The molecule has 1 atom stereocenters. The van der Waals surface area contributed by atoms with Crippen LogP contribution in [0.15, 0.2) is 12.3 Å². The quantitative estimate of drug-likeness (QED) is 0.833. The average molecular weight is 299 g/mol. The molecule has 2 fully saturated rings. The highest BCUT2D eigenvalue weighted by Gasteiger charge is 2.59. The largest absolute Gasteiger partial charge is 0.480 e. The number of anilines is 1. The zero-order chi connectivity index (χ0) is 15.3. The Hall–Kier alpha value is -1.99. The fourth-order valence-corrected chi connectivity index (χ4v) is 2.82. The number of rotatable bonds is 4. The van der Waals surface area contributed by atoms with E-state index < -0.39 is 29.3 Å². The van der Waals surface area contributed by atoms with Gasteiger partial charge in [-0.3, -0.25) is 14.3 Å². The Kier molecular flexibility index (Phi) is 3.00. The number of aromatic nitrogens is 2. The maximum absolute atomic E-state index is 12.9. The number of carbonyl (C=O) groups is 2. The summed E-state index contributed by atoms with van der Waals surface area (Å²) in [6.07, 6.45) is 3.04. The number of amides is 1. The van der Waals surface area contributed by atoms with E-state index in [1.807, 2.05) is 0 Å². The van der Waals surface area contributed by atoms with Gasteiger partial charge in [-0.05, 0) is 12.8 Å². The first kappa shape index (κ1) is 14.0. The Labute approximate surface area is 119 Å². The van der Waals surface area contributed by atoms with Crippen molar-refractivity contribution in [3.05, 3.63) is 12.3 Å². The predicted molar refractivity (Wildman–Crippen MR) is 68.0 cm³/mol. The number of hydrogen-bond donors (Lipinski definition) is 2. The number of hydrogen-bond acceptors (Lipinski definition) is 3. The van der Waals surface area contributed by atoms with Gasteiger partial charge in [0.1, 0.15) is 11.5 Å². The van der Waals surface area contributed by atoms with Gasteiger partial charge in [0.05, 0.1) is 0 Å².